The van der Waals surface area contributed by atoms with Gasteiger partial charge in [-0.3, -0.25) is 4.90 Å². The van der Waals surface area contributed by atoms with E-state index in [4.69, 9.17) is 5.11 Å². The predicted octanol–water partition coefficient (Wildman–Crippen LogP) is 1.75. The molecule has 2 aliphatic heterocycles. The van der Waals surface area contributed by atoms with Gasteiger partial charge in [0, 0.05) is 25.2 Å². The summed E-state index contributed by atoms with van der Waals surface area (Å²) in [7, 11) is 0. The van der Waals surface area contributed by atoms with Gasteiger partial charge >= 0.3 is 12.1 Å². The lowest BCUT2D eigenvalue weighted by Crippen LogP contribution is -2.28. The molecule has 0 radical (unpaired) electrons. The van der Waals surface area contributed by atoms with E-state index in [2.05, 4.69) is 4.74 Å². The zero-order chi connectivity index (χ0) is 15.9. The number of carbonyl (C=O) groups excluding carboxylic acids is 1. The van der Waals surface area contributed by atoms with Gasteiger partial charge in [-0.05, 0) is 0 Å². The van der Waals surface area contributed by atoms with Crippen molar-refractivity contribution >= 4 is 23.4 Å². The number of ether oxygens (including phenoxy) is 1. The molecule has 1 N–H and O–H groups in total. The summed E-state index contributed by atoms with van der Waals surface area (Å²) in [5, 5.41) is 8.83. The summed E-state index contributed by atoms with van der Waals surface area (Å²) in [5.41, 5.74) is -0.240. The molecule has 0 aliphatic carbocycles. The Bertz CT molecular complexity index is 646. The highest BCUT2D eigenvalue weighted by atomic mass is 19.1. The van der Waals surface area contributed by atoms with Crippen LogP contribution >= 0.6 is 0 Å². The maximum atomic E-state index is 14.2. The molecule has 1 aromatic carbocycles. The number of carbonyl (C=O) groups is 2. The first-order valence-corrected chi connectivity index (χ1v) is 6.57. The van der Waals surface area contributed by atoms with Crippen molar-refractivity contribution in [1.82, 2.24) is 0 Å². The minimum atomic E-state index is -1.35. The van der Waals surface area contributed by atoms with E-state index < -0.39 is 29.8 Å². The van der Waals surface area contributed by atoms with Crippen LogP contribution in [0.3, 0.4) is 0 Å². The molecule has 1 fully saturated rings. The molecule has 22 heavy (non-hydrogen) atoms. The molecule has 0 spiro atoms. The number of amides is 1. The molecule has 0 saturated carbocycles. The Hall–Kier alpha value is -2.64. The zero-order valence-corrected chi connectivity index (χ0v) is 11.3. The number of benzene rings is 1. The fourth-order valence-corrected chi connectivity index (χ4v) is 2.47. The second kappa shape index (κ2) is 5.28. The van der Waals surface area contributed by atoms with Gasteiger partial charge in [0.05, 0.1) is 12.2 Å². The van der Waals surface area contributed by atoms with Gasteiger partial charge in [-0.25, -0.2) is 18.4 Å². The molecule has 0 unspecified atom stereocenters. The van der Waals surface area contributed by atoms with E-state index in [-0.39, 0.29) is 17.9 Å². The molecule has 1 aromatic rings. The van der Waals surface area contributed by atoms with Crippen molar-refractivity contribution in [2.75, 3.05) is 29.4 Å². The lowest BCUT2D eigenvalue weighted by atomic mass is 10.2. The highest BCUT2D eigenvalue weighted by molar-refractivity contribution is 5.94. The van der Waals surface area contributed by atoms with E-state index in [9.17, 15) is 18.4 Å². The predicted molar refractivity (Wildman–Crippen MR) is 73.0 cm³/mol. The largest absolute Gasteiger partial charge is 0.478 e. The molecule has 0 bridgehead atoms. The van der Waals surface area contributed by atoms with Gasteiger partial charge in [0.2, 0.25) is 6.10 Å². The molecular weight excluding hydrogens is 298 g/mol. The van der Waals surface area contributed by atoms with Crippen LogP contribution in [0.15, 0.2) is 24.3 Å². The van der Waals surface area contributed by atoms with Crippen molar-refractivity contribution in [3.63, 3.8) is 0 Å². The van der Waals surface area contributed by atoms with Crippen LogP contribution < -0.4 is 9.80 Å². The summed E-state index contributed by atoms with van der Waals surface area (Å²) >= 11 is 0. The normalized spacial score (nSPS) is 20.6. The number of hydrogen-bond acceptors (Lipinski definition) is 4. The third kappa shape index (κ3) is 2.36. The van der Waals surface area contributed by atoms with E-state index in [1.807, 2.05) is 0 Å². The van der Waals surface area contributed by atoms with Crippen LogP contribution in [0.1, 0.15) is 0 Å². The van der Waals surface area contributed by atoms with Crippen molar-refractivity contribution < 1.29 is 28.2 Å². The van der Waals surface area contributed by atoms with Gasteiger partial charge < -0.3 is 14.7 Å². The van der Waals surface area contributed by atoms with E-state index >= 15 is 0 Å². The van der Waals surface area contributed by atoms with Crippen LogP contribution in [-0.4, -0.2) is 42.9 Å². The number of carboxylic acids is 1. The second-order valence-electron chi connectivity index (χ2n) is 4.96. The highest BCUT2D eigenvalue weighted by Gasteiger charge is 2.37. The number of anilines is 2. The molecule has 3 rings (SSSR count). The average molecular weight is 310 g/mol. The quantitative estimate of drug-likeness (QED) is 0.861. The minimum absolute atomic E-state index is 0.0698. The van der Waals surface area contributed by atoms with Crippen LogP contribution in [-0.2, 0) is 9.53 Å². The second-order valence-corrected chi connectivity index (χ2v) is 4.96. The van der Waals surface area contributed by atoms with E-state index in [0.29, 0.717) is 13.1 Å². The van der Waals surface area contributed by atoms with Gasteiger partial charge in [-0.15, -0.1) is 0 Å². The molecular formula is C14H12F2N2O4. The SMILES string of the molecule is O=C(O)[C@H]1CN(c2cc(F)c(N3CC=CC3)c(F)c2)C(=O)O1. The van der Waals surface area contributed by atoms with E-state index in [1.54, 1.807) is 12.2 Å². The smallest absolute Gasteiger partial charge is 0.415 e. The molecule has 1 amide bonds. The summed E-state index contributed by atoms with van der Waals surface area (Å²) in [6.45, 7) is 0.512. The summed E-state index contributed by atoms with van der Waals surface area (Å²) in [5.74, 6) is -2.94. The monoisotopic (exact) mass is 310 g/mol. The maximum absolute atomic E-state index is 14.2. The number of nitrogens with zero attached hydrogens (tertiary/aromatic N) is 2. The van der Waals surface area contributed by atoms with Crippen molar-refractivity contribution in [3.05, 3.63) is 35.9 Å². The van der Waals surface area contributed by atoms with Crippen LogP contribution in [0.4, 0.5) is 25.0 Å². The molecule has 2 heterocycles. The van der Waals surface area contributed by atoms with Crippen molar-refractivity contribution in [2.45, 2.75) is 6.10 Å². The number of rotatable bonds is 3. The Morgan fingerprint density at radius 1 is 1.23 bits per heavy atom. The highest BCUT2D eigenvalue weighted by Crippen LogP contribution is 2.31. The number of carboxylic acid groups (broad SMARTS) is 1. The molecule has 1 atom stereocenters. The summed E-state index contributed by atoms with van der Waals surface area (Å²) in [6.07, 6.45) is 1.30. The molecule has 1 saturated heterocycles. The maximum Gasteiger partial charge on any atom is 0.415 e. The number of aliphatic carboxylic acids is 1. The first kappa shape index (κ1) is 14.3. The molecule has 116 valence electrons. The third-order valence-corrected chi connectivity index (χ3v) is 3.54. The van der Waals surface area contributed by atoms with Crippen molar-refractivity contribution in [1.29, 1.82) is 0 Å². The van der Waals surface area contributed by atoms with Gasteiger partial charge in [-0.1, -0.05) is 12.2 Å². The lowest BCUT2D eigenvalue weighted by molar-refractivity contribution is -0.144. The minimum Gasteiger partial charge on any atom is -0.478 e. The fourth-order valence-electron chi connectivity index (χ4n) is 2.47. The molecule has 2 aliphatic rings. The topological polar surface area (TPSA) is 70.1 Å². The van der Waals surface area contributed by atoms with E-state index in [1.165, 1.54) is 4.90 Å². The summed E-state index contributed by atoms with van der Waals surface area (Å²) < 4.78 is 33.0. The Balaban J connectivity index is 1.90. The van der Waals surface area contributed by atoms with Crippen LogP contribution in [0.2, 0.25) is 0 Å². The van der Waals surface area contributed by atoms with Gasteiger partial charge in [0.1, 0.15) is 5.69 Å². The Morgan fingerprint density at radius 2 is 1.82 bits per heavy atom. The van der Waals surface area contributed by atoms with Crippen LogP contribution in [0, 0.1) is 11.6 Å². The molecule has 8 heteroatoms. The van der Waals surface area contributed by atoms with Crippen molar-refractivity contribution in [2.24, 2.45) is 0 Å². The Morgan fingerprint density at radius 3 is 2.32 bits per heavy atom. The Labute approximate surface area is 124 Å². The van der Waals surface area contributed by atoms with Crippen molar-refractivity contribution in [3.8, 4) is 0 Å². The fraction of sp³-hybridized carbons (Fsp3) is 0.286. The first-order valence-electron chi connectivity index (χ1n) is 6.57. The van der Waals surface area contributed by atoms with Crippen LogP contribution in [0.25, 0.3) is 0 Å². The molecule has 6 nitrogen and oxygen atoms in total. The summed E-state index contributed by atoms with van der Waals surface area (Å²) in [6, 6.07) is 2.00. The number of cyclic esters (lactones) is 1. The number of hydrogen-bond donors (Lipinski definition) is 1. The Kier molecular flexibility index (Phi) is 3.44. The zero-order valence-electron chi connectivity index (χ0n) is 11.3. The van der Waals surface area contributed by atoms with Gasteiger partial charge in [0.25, 0.3) is 0 Å². The lowest BCUT2D eigenvalue weighted by Gasteiger charge is -2.21. The molecule has 0 aromatic heterocycles. The van der Waals surface area contributed by atoms with Gasteiger partial charge in [-0.2, -0.15) is 0 Å². The number of halogens is 2. The van der Waals surface area contributed by atoms with Gasteiger partial charge in [0.15, 0.2) is 11.6 Å². The summed E-state index contributed by atoms with van der Waals surface area (Å²) in [4.78, 5) is 24.9. The van der Waals surface area contributed by atoms with Crippen LogP contribution in [0.5, 0.6) is 0 Å². The third-order valence-electron chi connectivity index (χ3n) is 3.54. The standard InChI is InChI=1S/C14H12F2N2O4/c15-9-5-8(18-7-11(13(19)20)22-14(18)21)6-10(16)12(9)17-3-1-2-4-17/h1-2,5-6,11H,3-4,7H2,(H,19,20)/t11-/m1/s1. The van der Waals surface area contributed by atoms with E-state index in [0.717, 1.165) is 17.0 Å². The first-order chi connectivity index (χ1) is 10.5. The average Bonchev–Trinajstić information content (AvgIpc) is 3.07.